The lowest BCUT2D eigenvalue weighted by atomic mass is 9.92. The third-order valence-electron chi connectivity index (χ3n) is 5.96. The number of benzene rings is 1. The van der Waals surface area contributed by atoms with Crippen molar-refractivity contribution in [2.45, 2.75) is 74.1 Å². The molecule has 1 aromatic carbocycles. The molecule has 1 saturated heterocycles. The van der Waals surface area contributed by atoms with Crippen molar-refractivity contribution in [1.29, 1.82) is 0 Å². The molecule has 3 atom stereocenters. The standard InChI is InChI=1S/C19H28N2O2S2/c1-14-11-16-12-17(15-7-3-4-8-15)20-24(22)19(16)13-18(14)25(23)21-9-5-2-6-10-21/h11,13,15,17,20H,2-10,12H2,1H3. The number of fused-ring (bicyclic) bond motifs is 1. The number of piperidine rings is 1. The second-order valence-corrected chi connectivity index (χ2v) is 10.4. The Bertz CT molecular complexity index is 695. The minimum atomic E-state index is -1.18. The predicted molar refractivity (Wildman–Crippen MR) is 102 cm³/mol. The first-order chi connectivity index (χ1) is 12.1. The van der Waals surface area contributed by atoms with Crippen molar-refractivity contribution >= 4 is 22.0 Å². The summed E-state index contributed by atoms with van der Waals surface area (Å²) in [7, 11) is -2.32. The van der Waals surface area contributed by atoms with E-state index in [0.717, 1.165) is 47.7 Å². The molecule has 0 amide bonds. The molecule has 1 aliphatic carbocycles. The van der Waals surface area contributed by atoms with Gasteiger partial charge < -0.3 is 0 Å². The quantitative estimate of drug-likeness (QED) is 0.875. The van der Waals surface area contributed by atoms with E-state index < -0.39 is 22.0 Å². The van der Waals surface area contributed by atoms with Crippen LogP contribution in [0.4, 0.5) is 0 Å². The van der Waals surface area contributed by atoms with Crippen LogP contribution in [0.25, 0.3) is 0 Å². The van der Waals surface area contributed by atoms with Crippen LogP contribution in [0.1, 0.15) is 56.1 Å². The van der Waals surface area contributed by atoms with Gasteiger partial charge in [-0.3, -0.25) is 0 Å². The highest BCUT2D eigenvalue weighted by Crippen LogP contribution is 2.34. The van der Waals surface area contributed by atoms with E-state index in [-0.39, 0.29) is 0 Å². The first-order valence-corrected chi connectivity index (χ1v) is 11.9. The lowest BCUT2D eigenvalue weighted by molar-refractivity contribution is 0.365. The Labute approximate surface area is 155 Å². The second-order valence-electron chi connectivity index (χ2n) is 7.71. The maximum absolute atomic E-state index is 13.0. The van der Waals surface area contributed by atoms with Gasteiger partial charge in [0.05, 0.1) is 9.79 Å². The zero-order valence-electron chi connectivity index (χ0n) is 15.0. The Kier molecular flexibility index (Phi) is 5.41. The van der Waals surface area contributed by atoms with Gasteiger partial charge in [-0.15, -0.1) is 0 Å². The topological polar surface area (TPSA) is 49.4 Å². The van der Waals surface area contributed by atoms with E-state index in [1.165, 1.54) is 37.7 Å². The molecular formula is C19H28N2O2S2. The maximum atomic E-state index is 13.0. The van der Waals surface area contributed by atoms with Gasteiger partial charge in [-0.05, 0) is 62.1 Å². The largest absolute Gasteiger partial charge is 0.237 e. The number of nitrogens with zero attached hydrogens (tertiary/aromatic N) is 1. The fourth-order valence-electron chi connectivity index (χ4n) is 4.52. The molecule has 3 aliphatic rings. The number of hydrogen-bond donors (Lipinski definition) is 1. The van der Waals surface area contributed by atoms with Gasteiger partial charge in [-0.2, -0.15) is 0 Å². The lowest BCUT2D eigenvalue weighted by Gasteiger charge is -2.31. The van der Waals surface area contributed by atoms with Crippen molar-refractivity contribution in [3.63, 3.8) is 0 Å². The molecule has 4 rings (SSSR count). The summed E-state index contributed by atoms with van der Waals surface area (Å²) in [5, 5.41) is 0. The zero-order valence-corrected chi connectivity index (χ0v) is 16.6. The molecule has 0 spiro atoms. The Morgan fingerprint density at radius 2 is 1.84 bits per heavy atom. The molecule has 25 heavy (non-hydrogen) atoms. The summed E-state index contributed by atoms with van der Waals surface area (Å²) < 4.78 is 31.2. The SMILES string of the molecule is Cc1cc2c(cc1S(=O)N1CCCCC1)S(=O)NC(C1CCCC1)C2. The highest BCUT2D eigenvalue weighted by Gasteiger charge is 2.32. The zero-order chi connectivity index (χ0) is 17.4. The predicted octanol–water partition coefficient (Wildman–Crippen LogP) is 3.23. The molecule has 0 aromatic heterocycles. The average Bonchev–Trinajstić information content (AvgIpc) is 3.16. The van der Waals surface area contributed by atoms with Gasteiger partial charge in [0, 0.05) is 19.1 Å². The summed E-state index contributed by atoms with van der Waals surface area (Å²) >= 11 is 0. The van der Waals surface area contributed by atoms with Gasteiger partial charge in [0.1, 0.15) is 22.0 Å². The van der Waals surface area contributed by atoms with Gasteiger partial charge in [0.2, 0.25) is 0 Å². The molecule has 0 bridgehead atoms. The van der Waals surface area contributed by atoms with Gasteiger partial charge in [0.15, 0.2) is 0 Å². The van der Waals surface area contributed by atoms with Crippen molar-refractivity contribution in [3.05, 3.63) is 23.3 Å². The van der Waals surface area contributed by atoms with E-state index in [1.54, 1.807) is 0 Å². The molecule has 6 heteroatoms. The van der Waals surface area contributed by atoms with Crippen LogP contribution in [0.3, 0.4) is 0 Å². The lowest BCUT2D eigenvalue weighted by Crippen LogP contribution is -2.42. The molecule has 3 unspecified atom stereocenters. The summed E-state index contributed by atoms with van der Waals surface area (Å²) in [6.07, 6.45) is 9.51. The Morgan fingerprint density at radius 3 is 2.56 bits per heavy atom. The molecule has 4 nitrogen and oxygen atoms in total. The van der Waals surface area contributed by atoms with Crippen LogP contribution >= 0.6 is 0 Å². The van der Waals surface area contributed by atoms with E-state index in [4.69, 9.17) is 0 Å². The van der Waals surface area contributed by atoms with Crippen LogP contribution in [0, 0.1) is 12.8 Å². The number of rotatable bonds is 3. The molecule has 1 N–H and O–H groups in total. The van der Waals surface area contributed by atoms with Crippen LogP contribution < -0.4 is 4.72 Å². The van der Waals surface area contributed by atoms with E-state index in [0.29, 0.717) is 12.0 Å². The number of hydrogen-bond acceptors (Lipinski definition) is 2. The van der Waals surface area contributed by atoms with Crippen molar-refractivity contribution in [2.24, 2.45) is 5.92 Å². The van der Waals surface area contributed by atoms with Crippen LogP contribution in [-0.2, 0) is 28.4 Å². The number of nitrogens with one attached hydrogen (secondary N) is 1. The van der Waals surface area contributed by atoms with Crippen molar-refractivity contribution in [1.82, 2.24) is 9.03 Å². The van der Waals surface area contributed by atoms with Gasteiger partial charge in [0.25, 0.3) is 0 Å². The van der Waals surface area contributed by atoms with Gasteiger partial charge >= 0.3 is 0 Å². The summed E-state index contributed by atoms with van der Waals surface area (Å²) in [5.41, 5.74) is 2.26. The summed E-state index contributed by atoms with van der Waals surface area (Å²) in [6, 6.07) is 4.42. The van der Waals surface area contributed by atoms with Gasteiger partial charge in [-0.1, -0.05) is 25.3 Å². The van der Waals surface area contributed by atoms with Crippen LogP contribution in [-0.4, -0.2) is 31.9 Å². The minimum absolute atomic E-state index is 0.327. The van der Waals surface area contributed by atoms with Crippen LogP contribution in [0.5, 0.6) is 0 Å². The second kappa shape index (κ2) is 7.59. The smallest absolute Gasteiger partial charge is 0.127 e. The summed E-state index contributed by atoms with van der Waals surface area (Å²) in [4.78, 5) is 1.69. The molecule has 2 aliphatic heterocycles. The molecule has 2 heterocycles. The Balaban J connectivity index is 1.60. The summed E-state index contributed by atoms with van der Waals surface area (Å²) in [6.45, 7) is 3.84. The van der Waals surface area contributed by atoms with E-state index >= 15 is 0 Å². The average molecular weight is 381 g/mol. The molecule has 1 saturated carbocycles. The normalized spacial score (nSPS) is 29.5. The molecule has 2 fully saturated rings. The fourth-order valence-corrected chi connectivity index (χ4v) is 7.30. The third-order valence-corrected chi connectivity index (χ3v) is 8.91. The van der Waals surface area contributed by atoms with Crippen LogP contribution in [0.2, 0.25) is 0 Å². The van der Waals surface area contributed by atoms with E-state index in [1.807, 2.05) is 13.0 Å². The van der Waals surface area contributed by atoms with E-state index in [2.05, 4.69) is 15.1 Å². The van der Waals surface area contributed by atoms with Crippen molar-refractivity contribution in [3.8, 4) is 0 Å². The molecular weight excluding hydrogens is 352 g/mol. The van der Waals surface area contributed by atoms with Crippen molar-refractivity contribution in [2.75, 3.05) is 13.1 Å². The Hall–Kier alpha value is -0.560. The van der Waals surface area contributed by atoms with Crippen LogP contribution in [0.15, 0.2) is 21.9 Å². The molecule has 138 valence electrons. The van der Waals surface area contributed by atoms with Crippen molar-refractivity contribution < 1.29 is 8.42 Å². The molecule has 1 aromatic rings. The Morgan fingerprint density at radius 1 is 1.12 bits per heavy atom. The number of aryl methyl sites for hydroxylation is 1. The third kappa shape index (κ3) is 3.64. The highest BCUT2D eigenvalue weighted by atomic mass is 32.2. The monoisotopic (exact) mass is 380 g/mol. The van der Waals surface area contributed by atoms with E-state index in [9.17, 15) is 8.42 Å². The van der Waals surface area contributed by atoms with Gasteiger partial charge in [-0.25, -0.2) is 17.4 Å². The minimum Gasteiger partial charge on any atom is -0.237 e. The fraction of sp³-hybridized carbons (Fsp3) is 0.684. The maximum Gasteiger partial charge on any atom is 0.127 e. The molecule has 0 radical (unpaired) electrons. The first kappa shape index (κ1) is 17.8. The highest BCUT2D eigenvalue weighted by molar-refractivity contribution is 7.83. The summed E-state index contributed by atoms with van der Waals surface area (Å²) in [5.74, 6) is 0.652. The first-order valence-electron chi connectivity index (χ1n) is 9.62.